The van der Waals surface area contributed by atoms with E-state index in [2.05, 4.69) is 15.3 Å². The molecule has 0 bridgehead atoms. The van der Waals surface area contributed by atoms with Gasteiger partial charge < -0.3 is 9.15 Å². The molecule has 6 nitrogen and oxygen atoms in total. The molecular weight excluding hydrogens is 325 g/mol. The number of aryl methyl sites for hydroxylation is 1. The molecule has 0 spiro atoms. The van der Waals surface area contributed by atoms with E-state index in [1.54, 1.807) is 19.2 Å². The van der Waals surface area contributed by atoms with E-state index in [-0.39, 0.29) is 17.5 Å². The van der Waals surface area contributed by atoms with Crippen molar-refractivity contribution in [1.82, 2.24) is 20.0 Å². The van der Waals surface area contributed by atoms with Crippen molar-refractivity contribution in [3.63, 3.8) is 0 Å². The maximum Gasteiger partial charge on any atom is 0.433 e. The van der Waals surface area contributed by atoms with Gasteiger partial charge in [0.15, 0.2) is 0 Å². The minimum atomic E-state index is -4.49. The van der Waals surface area contributed by atoms with Crippen LogP contribution in [0.25, 0.3) is 11.6 Å². The monoisotopic (exact) mass is 338 g/mol. The van der Waals surface area contributed by atoms with Crippen LogP contribution in [0.5, 0.6) is 5.75 Å². The van der Waals surface area contributed by atoms with E-state index in [1.165, 1.54) is 7.05 Å². The van der Waals surface area contributed by atoms with Gasteiger partial charge >= 0.3 is 6.18 Å². The summed E-state index contributed by atoms with van der Waals surface area (Å²) in [4.78, 5) is 0. The van der Waals surface area contributed by atoms with Crippen molar-refractivity contribution in [1.29, 1.82) is 0 Å². The fourth-order valence-electron chi connectivity index (χ4n) is 2.18. The predicted molar refractivity (Wildman–Crippen MR) is 77.3 cm³/mol. The van der Waals surface area contributed by atoms with Crippen LogP contribution in [-0.4, -0.2) is 27.1 Å². The number of aromatic nitrogens is 4. The molecule has 0 unspecified atom stereocenters. The summed E-state index contributed by atoms with van der Waals surface area (Å²) in [7, 11) is 2.78. The van der Waals surface area contributed by atoms with Crippen molar-refractivity contribution >= 4 is 0 Å². The van der Waals surface area contributed by atoms with Gasteiger partial charge in [0.2, 0.25) is 5.89 Å². The maximum absolute atomic E-state index is 12.8. The summed E-state index contributed by atoms with van der Waals surface area (Å²) in [6.45, 7) is 0. The molecule has 0 N–H and O–H groups in total. The Hall–Kier alpha value is -2.84. The molecule has 126 valence electrons. The Kier molecular flexibility index (Phi) is 4.00. The average Bonchev–Trinajstić information content (AvgIpc) is 3.14. The number of ether oxygens (including phenoxy) is 1. The summed E-state index contributed by atoms with van der Waals surface area (Å²) >= 11 is 0. The Morgan fingerprint density at radius 3 is 2.46 bits per heavy atom. The van der Waals surface area contributed by atoms with Gasteiger partial charge in [-0.2, -0.15) is 18.3 Å². The molecule has 9 heteroatoms. The Labute approximate surface area is 134 Å². The smallest absolute Gasteiger partial charge is 0.433 e. The van der Waals surface area contributed by atoms with Crippen LogP contribution in [0.3, 0.4) is 0 Å². The lowest BCUT2D eigenvalue weighted by Crippen LogP contribution is -2.11. The third-order valence-electron chi connectivity index (χ3n) is 3.37. The molecule has 0 saturated carbocycles. The van der Waals surface area contributed by atoms with E-state index >= 15 is 0 Å². The van der Waals surface area contributed by atoms with Gasteiger partial charge in [-0.1, -0.05) is 12.1 Å². The molecule has 0 fully saturated rings. The van der Waals surface area contributed by atoms with Crippen LogP contribution in [0.2, 0.25) is 0 Å². The molecule has 0 saturated heterocycles. The van der Waals surface area contributed by atoms with Crippen LogP contribution in [0.15, 0.2) is 34.7 Å². The fourth-order valence-corrected chi connectivity index (χ4v) is 2.18. The highest BCUT2D eigenvalue weighted by molar-refractivity contribution is 5.47. The average molecular weight is 338 g/mol. The Bertz CT molecular complexity index is 837. The molecule has 0 aliphatic heterocycles. The van der Waals surface area contributed by atoms with Crippen molar-refractivity contribution in [2.45, 2.75) is 12.6 Å². The minimum Gasteiger partial charge on any atom is -0.497 e. The molecule has 0 atom stereocenters. The third-order valence-corrected chi connectivity index (χ3v) is 3.37. The third kappa shape index (κ3) is 3.24. The lowest BCUT2D eigenvalue weighted by atomic mass is 10.1. The molecule has 0 aliphatic carbocycles. The zero-order valence-electron chi connectivity index (χ0n) is 12.8. The van der Waals surface area contributed by atoms with Crippen molar-refractivity contribution in [2.24, 2.45) is 7.05 Å². The van der Waals surface area contributed by atoms with Crippen LogP contribution in [0.1, 0.15) is 17.1 Å². The van der Waals surface area contributed by atoms with Gasteiger partial charge in [-0.15, -0.1) is 10.2 Å². The summed E-state index contributed by atoms with van der Waals surface area (Å²) in [6.07, 6.45) is -4.14. The molecule has 2 heterocycles. The van der Waals surface area contributed by atoms with Crippen molar-refractivity contribution in [3.8, 4) is 17.3 Å². The van der Waals surface area contributed by atoms with E-state index < -0.39 is 11.9 Å². The second-order valence-electron chi connectivity index (χ2n) is 5.06. The molecular formula is C15H13F3N4O2. The molecule has 3 rings (SSSR count). The van der Waals surface area contributed by atoms with Gasteiger partial charge in [-0.25, -0.2) is 0 Å². The van der Waals surface area contributed by atoms with Crippen molar-refractivity contribution in [2.75, 3.05) is 7.11 Å². The Morgan fingerprint density at radius 2 is 1.88 bits per heavy atom. The van der Waals surface area contributed by atoms with Crippen LogP contribution < -0.4 is 4.74 Å². The maximum atomic E-state index is 12.8. The molecule has 24 heavy (non-hydrogen) atoms. The first-order valence-electron chi connectivity index (χ1n) is 6.94. The SMILES string of the molecule is COc1ccc(Cc2nnc(-c3cc(C(F)(F)F)n(C)n3)o2)cc1. The lowest BCUT2D eigenvalue weighted by molar-refractivity contribution is -0.143. The molecule has 0 amide bonds. The molecule has 3 aromatic rings. The van der Waals surface area contributed by atoms with Gasteiger partial charge in [0.05, 0.1) is 13.5 Å². The summed E-state index contributed by atoms with van der Waals surface area (Å²) in [5, 5.41) is 11.4. The topological polar surface area (TPSA) is 66.0 Å². The quantitative estimate of drug-likeness (QED) is 0.731. The predicted octanol–water partition coefficient (Wildman–Crippen LogP) is 3.09. The highest BCUT2D eigenvalue weighted by Gasteiger charge is 2.35. The second kappa shape index (κ2) is 5.99. The zero-order valence-corrected chi connectivity index (χ0v) is 12.8. The van der Waals surface area contributed by atoms with Crippen LogP contribution in [0, 0.1) is 0 Å². The van der Waals surface area contributed by atoms with Crippen molar-refractivity contribution < 1.29 is 22.3 Å². The van der Waals surface area contributed by atoms with Gasteiger partial charge in [0, 0.05) is 13.1 Å². The Morgan fingerprint density at radius 1 is 1.17 bits per heavy atom. The summed E-state index contributed by atoms with van der Waals surface area (Å²) < 4.78 is 49.6. The number of benzene rings is 1. The van der Waals surface area contributed by atoms with E-state index in [9.17, 15) is 13.2 Å². The number of alkyl halides is 3. The number of methoxy groups -OCH3 is 1. The van der Waals surface area contributed by atoms with Crippen LogP contribution >= 0.6 is 0 Å². The zero-order chi connectivity index (χ0) is 17.3. The highest BCUT2D eigenvalue weighted by Crippen LogP contribution is 2.31. The minimum absolute atomic E-state index is 0.0155. The lowest BCUT2D eigenvalue weighted by Gasteiger charge is -2.04. The Balaban J connectivity index is 1.80. The number of halogens is 3. The van der Waals surface area contributed by atoms with Gasteiger partial charge in [-0.3, -0.25) is 4.68 Å². The first kappa shape index (κ1) is 16.0. The standard InChI is InChI=1S/C15H13F3N4O2/c1-22-12(15(16,17)18)8-11(21-22)14-20-19-13(24-14)7-9-3-5-10(23-2)6-4-9/h3-6,8H,7H2,1-2H3. The molecule has 1 aromatic carbocycles. The van der Waals surface area contributed by atoms with Crippen LogP contribution in [-0.2, 0) is 19.6 Å². The normalized spacial score (nSPS) is 11.7. The number of hydrogen-bond donors (Lipinski definition) is 0. The number of hydrogen-bond acceptors (Lipinski definition) is 5. The molecule has 0 radical (unpaired) electrons. The van der Waals surface area contributed by atoms with E-state index in [0.717, 1.165) is 22.1 Å². The van der Waals surface area contributed by atoms with E-state index in [4.69, 9.17) is 9.15 Å². The first-order valence-corrected chi connectivity index (χ1v) is 6.94. The molecule has 0 aliphatic rings. The van der Waals surface area contributed by atoms with Gasteiger partial charge in [0.25, 0.3) is 5.89 Å². The van der Waals surface area contributed by atoms with E-state index in [1.807, 2.05) is 12.1 Å². The van der Waals surface area contributed by atoms with Crippen LogP contribution in [0.4, 0.5) is 13.2 Å². The van der Waals surface area contributed by atoms with Gasteiger partial charge in [-0.05, 0) is 17.7 Å². The van der Waals surface area contributed by atoms with Crippen molar-refractivity contribution in [3.05, 3.63) is 47.5 Å². The number of rotatable bonds is 4. The number of nitrogens with zero attached hydrogens (tertiary/aromatic N) is 4. The summed E-state index contributed by atoms with van der Waals surface area (Å²) in [6, 6.07) is 8.14. The first-order chi connectivity index (χ1) is 11.4. The second-order valence-corrected chi connectivity index (χ2v) is 5.06. The summed E-state index contributed by atoms with van der Waals surface area (Å²) in [5.74, 6) is 0.956. The molecule has 2 aromatic heterocycles. The van der Waals surface area contributed by atoms with Gasteiger partial charge in [0.1, 0.15) is 17.1 Å². The largest absolute Gasteiger partial charge is 0.497 e. The summed E-state index contributed by atoms with van der Waals surface area (Å²) in [5.41, 5.74) is 0.00807. The van der Waals surface area contributed by atoms with E-state index in [0.29, 0.717) is 6.42 Å². The highest BCUT2D eigenvalue weighted by atomic mass is 19.4. The fraction of sp³-hybridized carbons (Fsp3) is 0.267.